The molecule has 1 fully saturated rings. The summed E-state index contributed by atoms with van der Waals surface area (Å²) >= 11 is 0. The Hall–Kier alpha value is 0.891. The van der Waals surface area contributed by atoms with Crippen LogP contribution in [0.2, 0.25) is 18.6 Å². The van der Waals surface area contributed by atoms with Gasteiger partial charge in [-0.15, -0.1) is 5.54 Å². The van der Waals surface area contributed by atoms with Gasteiger partial charge in [0, 0.05) is 0 Å². The van der Waals surface area contributed by atoms with Crippen molar-refractivity contribution in [3.8, 4) is 0 Å². The first-order valence-electron chi connectivity index (χ1n) is 7.21. The monoisotopic (exact) mass is 347 g/mol. The Morgan fingerprint density at radius 1 is 0.714 bits per heavy atom. The van der Waals surface area contributed by atoms with Crippen molar-refractivity contribution in [2.75, 3.05) is 0 Å². The minimum Gasteiger partial charge on any atom is -0.660 e. The molecule has 1 aliphatic carbocycles. The molecular weight excluding hydrogens is 306 g/mol. The standard InChI is InChI=1S/C15H32NSi.3CH3.Ti/c1-10-11(2)13(4)14(12(10)3)17(8,9)16-15(5,6)7;;;;/h10-14H,1-9H3;3*1H3;/q4*-1;+4. The third-order valence-electron chi connectivity index (χ3n) is 5.06. The van der Waals surface area contributed by atoms with Crippen molar-refractivity contribution < 1.29 is 21.7 Å². The molecule has 0 amide bonds. The molecule has 0 radical (unpaired) electrons. The van der Waals surface area contributed by atoms with Crippen LogP contribution in [0.3, 0.4) is 0 Å². The van der Waals surface area contributed by atoms with Crippen LogP contribution < -0.4 is 0 Å². The van der Waals surface area contributed by atoms with E-state index >= 15 is 0 Å². The molecule has 0 aromatic heterocycles. The Kier molecular flexibility index (Phi) is 14.1. The molecule has 0 N–H and O–H groups in total. The summed E-state index contributed by atoms with van der Waals surface area (Å²) in [6.07, 6.45) is 0. The van der Waals surface area contributed by atoms with Crippen LogP contribution in [-0.2, 0) is 21.7 Å². The molecule has 0 heterocycles. The van der Waals surface area contributed by atoms with Crippen LogP contribution in [0.1, 0.15) is 48.5 Å². The normalized spacial score (nSPS) is 32.1. The summed E-state index contributed by atoms with van der Waals surface area (Å²) in [5.41, 5.74) is 0.983. The fourth-order valence-electron chi connectivity index (χ4n) is 4.32. The SMILES string of the molecule is CC1C(C)C(C)C([Si](C)(C)[N-]C(C)(C)C)C1C.[CH3-].[CH3-].[CH3-].[Ti+4]. The van der Waals surface area contributed by atoms with Gasteiger partial charge in [-0.1, -0.05) is 75.3 Å². The Morgan fingerprint density at radius 2 is 1.00 bits per heavy atom. The fourth-order valence-corrected chi connectivity index (χ4v) is 9.37. The van der Waals surface area contributed by atoms with Crippen molar-refractivity contribution >= 4 is 8.24 Å². The van der Waals surface area contributed by atoms with Gasteiger partial charge < -0.3 is 27.3 Å². The minimum atomic E-state index is -1.49. The summed E-state index contributed by atoms with van der Waals surface area (Å²) in [6, 6.07) is 0. The van der Waals surface area contributed by atoms with Gasteiger partial charge in [-0.3, -0.25) is 0 Å². The molecule has 0 aliphatic heterocycles. The van der Waals surface area contributed by atoms with Crippen LogP contribution in [0.25, 0.3) is 4.98 Å². The van der Waals surface area contributed by atoms with E-state index in [9.17, 15) is 0 Å². The molecule has 1 rings (SSSR count). The van der Waals surface area contributed by atoms with E-state index in [-0.39, 0.29) is 49.5 Å². The van der Waals surface area contributed by atoms with E-state index in [4.69, 9.17) is 4.98 Å². The van der Waals surface area contributed by atoms with E-state index in [0.717, 1.165) is 29.2 Å². The third kappa shape index (κ3) is 6.89. The van der Waals surface area contributed by atoms with Crippen LogP contribution in [0.15, 0.2) is 0 Å². The molecule has 4 unspecified atom stereocenters. The first-order chi connectivity index (χ1) is 7.47. The maximum Gasteiger partial charge on any atom is 4.00 e. The van der Waals surface area contributed by atoms with Gasteiger partial charge in [-0.25, -0.2) is 0 Å². The van der Waals surface area contributed by atoms with Gasteiger partial charge in [0.2, 0.25) is 0 Å². The predicted molar refractivity (Wildman–Crippen MR) is 100 cm³/mol. The average molecular weight is 347 g/mol. The fraction of sp³-hybridized carbons (Fsp3) is 0.833. The number of nitrogens with zero attached hydrogens (tertiary/aromatic N) is 1. The molecule has 0 spiro atoms. The maximum atomic E-state index is 5.23. The Bertz CT molecular complexity index is 259. The van der Waals surface area contributed by atoms with Gasteiger partial charge in [0.15, 0.2) is 0 Å². The molecule has 0 aromatic rings. The molecule has 0 aromatic carbocycles. The number of hydrogen-bond donors (Lipinski definition) is 0. The van der Waals surface area contributed by atoms with E-state index in [1.54, 1.807) is 0 Å². The molecule has 1 nitrogen and oxygen atoms in total. The van der Waals surface area contributed by atoms with E-state index in [0.29, 0.717) is 0 Å². The molecule has 0 saturated heterocycles. The second-order valence-electron chi connectivity index (χ2n) is 7.90. The van der Waals surface area contributed by atoms with Crippen LogP contribution in [0, 0.1) is 46.0 Å². The molecular formula is C18H41NSiTi. The summed E-state index contributed by atoms with van der Waals surface area (Å²) < 4.78 is 0. The zero-order valence-electron chi connectivity index (χ0n) is 16.8. The zero-order valence-corrected chi connectivity index (χ0v) is 19.4. The summed E-state index contributed by atoms with van der Waals surface area (Å²) in [6.45, 7) is 21.5. The second-order valence-corrected chi connectivity index (χ2v) is 12.1. The Balaban J connectivity index is -0.000000361. The molecule has 0 bridgehead atoms. The van der Waals surface area contributed by atoms with Gasteiger partial charge >= 0.3 is 21.7 Å². The van der Waals surface area contributed by atoms with Gasteiger partial charge in [-0.2, -0.15) is 0 Å². The molecule has 1 saturated carbocycles. The first-order valence-corrected chi connectivity index (χ1v) is 10.2. The summed E-state index contributed by atoms with van der Waals surface area (Å²) in [7, 11) is -1.49. The molecule has 1 aliphatic rings. The molecule has 3 heteroatoms. The van der Waals surface area contributed by atoms with Crippen molar-refractivity contribution in [3.05, 3.63) is 27.3 Å². The average Bonchev–Trinajstić information content (AvgIpc) is 2.27. The first kappa shape index (κ1) is 29.8. The van der Waals surface area contributed by atoms with E-state index in [1.165, 1.54) is 0 Å². The van der Waals surface area contributed by atoms with E-state index < -0.39 is 8.24 Å². The molecule has 21 heavy (non-hydrogen) atoms. The summed E-state index contributed by atoms with van der Waals surface area (Å²) in [5.74, 6) is 3.40. The molecule has 4 atom stereocenters. The van der Waals surface area contributed by atoms with Crippen LogP contribution >= 0.6 is 0 Å². The van der Waals surface area contributed by atoms with Crippen LogP contribution in [0.4, 0.5) is 0 Å². The summed E-state index contributed by atoms with van der Waals surface area (Å²) in [5, 5.41) is 0. The number of hydrogen-bond acceptors (Lipinski definition) is 0. The van der Waals surface area contributed by atoms with Crippen molar-refractivity contribution in [2.24, 2.45) is 23.7 Å². The smallest absolute Gasteiger partial charge is 0.660 e. The van der Waals surface area contributed by atoms with Crippen molar-refractivity contribution in [3.63, 3.8) is 0 Å². The second kappa shape index (κ2) is 9.90. The molecule has 126 valence electrons. The van der Waals surface area contributed by atoms with Crippen LogP contribution in [0.5, 0.6) is 0 Å². The van der Waals surface area contributed by atoms with Crippen molar-refractivity contribution in [1.82, 2.24) is 0 Å². The largest absolute Gasteiger partial charge is 4.00 e. The predicted octanol–water partition coefficient (Wildman–Crippen LogP) is 6.64. The summed E-state index contributed by atoms with van der Waals surface area (Å²) in [4.78, 5) is 5.23. The Morgan fingerprint density at radius 3 is 1.24 bits per heavy atom. The quantitative estimate of drug-likeness (QED) is 0.393. The van der Waals surface area contributed by atoms with Crippen molar-refractivity contribution in [1.29, 1.82) is 0 Å². The van der Waals surface area contributed by atoms with Gasteiger partial charge in [0.1, 0.15) is 0 Å². The third-order valence-corrected chi connectivity index (χ3v) is 8.99. The van der Waals surface area contributed by atoms with E-state index in [2.05, 4.69) is 61.6 Å². The van der Waals surface area contributed by atoms with E-state index in [1.807, 2.05) is 0 Å². The van der Waals surface area contributed by atoms with Gasteiger partial charge in [-0.05, 0) is 23.7 Å². The topological polar surface area (TPSA) is 14.1 Å². The van der Waals surface area contributed by atoms with Gasteiger partial charge in [0.05, 0.1) is 0 Å². The zero-order chi connectivity index (χ0) is 13.6. The maximum absolute atomic E-state index is 5.23. The van der Waals surface area contributed by atoms with Crippen LogP contribution in [-0.4, -0.2) is 13.8 Å². The Labute approximate surface area is 153 Å². The van der Waals surface area contributed by atoms with Gasteiger partial charge in [0.25, 0.3) is 0 Å². The van der Waals surface area contributed by atoms with Crippen molar-refractivity contribution in [2.45, 2.75) is 72.6 Å². The number of rotatable bonds is 2. The minimum absolute atomic E-state index is 0.